The van der Waals surface area contributed by atoms with E-state index < -0.39 is 0 Å². The standard InChI is InChI=1S/C17H20O4/c1-2-13-3-4-15(19-10-17-11-21-17)6-14(13)5-12(1)7-18-8-16-9-20-16/h2-6,12,16-17H,1,7-11H2. The lowest BCUT2D eigenvalue weighted by Crippen LogP contribution is -2.30. The fraction of sp³-hybridized carbons (Fsp3) is 0.529. The van der Waals surface area contributed by atoms with Gasteiger partial charge in [0.05, 0.1) is 26.4 Å². The Kier molecular flexibility index (Phi) is 3.67. The molecular weight excluding hydrogens is 268 g/mol. The third-order valence-corrected chi connectivity index (χ3v) is 3.99. The first kappa shape index (κ1) is 13.3. The van der Waals surface area contributed by atoms with E-state index in [4.69, 9.17) is 18.9 Å². The van der Waals surface area contributed by atoms with Crippen molar-refractivity contribution in [2.75, 3.05) is 33.0 Å². The highest BCUT2D eigenvalue weighted by Crippen LogP contribution is 2.15. The molecule has 21 heavy (non-hydrogen) atoms. The normalized spacial score (nSPS) is 29.0. The van der Waals surface area contributed by atoms with Gasteiger partial charge in [0.2, 0.25) is 0 Å². The number of hydrogen-bond acceptors (Lipinski definition) is 4. The fourth-order valence-electron chi connectivity index (χ4n) is 2.56. The van der Waals surface area contributed by atoms with E-state index >= 15 is 0 Å². The van der Waals surface area contributed by atoms with E-state index in [1.54, 1.807) is 0 Å². The van der Waals surface area contributed by atoms with Crippen LogP contribution in [0.5, 0.6) is 5.75 Å². The largest absolute Gasteiger partial charge is 0.491 e. The van der Waals surface area contributed by atoms with Crippen molar-refractivity contribution in [1.82, 2.24) is 0 Å². The summed E-state index contributed by atoms with van der Waals surface area (Å²) in [6, 6.07) is 6.28. The molecule has 0 radical (unpaired) electrons. The van der Waals surface area contributed by atoms with E-state index in [2.05, 4.69) is 24.3 Å². The molecule has 0 spiro atoms. The minimum atomic E-state index is 0.294. The van der Waals surface area contributed by atoms with Crippen LogP contribution in [0, 0.1) is 5.92 Å². The number of fused-ring (bicyclic) bond motifs is 1. The van der Waals surface area contributed by atoms with Crippen LogP contribution >= 0.6 is 0 Å². The minimum absolute atomic E-state index is 0.294. The van der Waals surface area contributed by atoms with Gasteiger partial charge in [0.25, 0.3) is 0 Å². The summed E-state index contributed by atoms with van der Waals surface area (Å²) in [5.74, 6) is 1.36. The lowest BCUT2D eigenvalue weighted by atomic mass is 9.98. The van der Waals surface area contributed by atoms with Crippen LogP contribution in [0.4, 0.5) is 0 Å². The van der Waals surface area contributed by atoms with Gasteiger partial charge >= 0.3 is 0 Å². The van der Waals surface area contributed by atoms with Crippen LogP contribution in [0.15, 0.2) is 18.2 Å². The van der Waals surface area contributed by atoms with Gasteiger partial charge in [-0.05, 0) is 29.0 Å². The lowest BCUT2D eigenvalue weighted by Gasteiger charge is -2.14. The molecule has 3 unspecified atom stereocenters. The van der Waals surface area contributed by atoms with E-state index in [0.717, 1.165) is 38.6 Å². The second-order valence-electron chi connectivity index (χ2n) is 5.92. The molecule has 2 aliphatic heterocycles. The van der Waals surface area contributed by atoms with Gasteiger partial charge in [0.1, 0.15) is 24.6 Å². The fourth-order valence-corrected chi connectivity index (χ4v) is 2.56. The third-order valence-electron chi connectivity index (χ3n) is 3.99. The van der Waals surface area contributed by atoms with Crippen LogP contribution in [-0.4, -0.2) is 45.2 Å². The zero-order valence-corrected chi connectivity index (χ0v) is 12.0. The van der Waals surface area contributed by atoms with E-state index in [9.17, 15) is 0 Å². The summed E-state index contributed by atoms with van der Waals surface area (Å²) < 4.78 is 21.8. The van der Waals surface area contributed by atoms with E-state index in [0.29, 0.717) is 24.7 Å². The average Bonchev–Trinajstić information content (AvgIpc) is 3.38. The SMILES string of the molecule is C1=c2ccc(OCC3CO3)cc2=CC(COCC2CO2)C1. The van der Waals surface area contributed by atoms with Gasteiger partial charge in [-0.3, -0.25) is 0 Å². The molecule has 4 rings (SSSR count). The predicted octanol–water partition coefficient (Wildman–Crippen LogP) is 0.460. The molecule has 0 N–H and O–H groups in total. The predicted molar refractivity (Wildman–Crippen MR) is 78.5 cm³/mol. The summed E-state index contributed by atoms with van der Waals surface area (Å²) in [7, 11) is 0. The van der Waals surface area contributed by atoms with Crippen molar-refractivity contribution in [3.63, 3.8) is 0 Å². The van der Waals surface area contributed by atoms with Crippen LogP contribution < -0.4 is 15.2 Å². The molecule has 3 atom stereocenters. The Morgan fingerprint density at radius 1 is 1.00 bits per heavy atom. The summed E-state index contributed by atoms with van der Waals surface area (Å²) in [6.45, 7) is 3.82. The van der Waals surface area contributed by atoms with Crippen molar-refractivity contribution in [2.45, 2.75) is 18.6 Å². The first-order chi connectivity index (χ1) is 10.4. The summed E-state index contributed by atoms with van der Waals surface area (Å²) in [4.78, 5) is 0. The molecule has 0 bridgehead atoms. The molecule has 0 aromatic heterocycles. The van der Waals surface area contributed by atoms with Crippen molar-refractivity contribution in [3.8, 4) is 5.75 Å². The smallest absolute Gasteiger partial charge is 0.120 e. The van der Waals surface area contributed by atoms with Crippen molar-refractivity contribution in [2.24, 2.45) is 5.92 Å². The topological polar surface area (TPSA) is 43.5 Å². The highest BCUT2D eigenvalue weighted by molar-refractivity contribution is 5.43. The average molecular weight is 288 g/mol. The summed E-state index contributed by atoms with van der Waals surface area (Å²) in [5, 5.41) is 2.53. The Balaban J connectivity index is 1.40. The molecule has 1 aromatic carbocycles. The molecule has 0 amide bonds. The Bertz CT molecular complexity index is 616. The van der Waals surface area contributed by atoms with Crippen molar-refractivity contribution in [3.05, 3.63) is 28.6 Å². The Labute approximate surface area is 124 Å². The molecule has 112 valence electrons. The summed E-state index contributed by atoms with van der Waals surface area (Å²) in [5.41, 5.74) is 0. The van der Waals surface area contributed by atoms with Gasteiger partial charge in [-0.2, -0.15) is 0 Å². The van der Waals surface area contributed by atoms with Gasteiger partial charge in [0.15, 0.2) is 0 Å². The van der Waals surface area contributed by atoms with Crippen LogP contribution in [0.3, 0.4) is 0 Å². The minimum Gasteiger partial charge on any atom is -0.491 e. The maximum absolute atomic E-state index is 5.75. The summed E-state index contributed by atoms with van der Waals surface area (Å²) >= 11 is 0. The second-order valence-corrected chi connectivity index (χ2v) is 5.92. The highest BCUT2D eigenvalue weighted by atomic mass is 16.6. The van der Waals surface area contributed by atoms with Crippen LogP contribution in [-0.2, 0) is 14.2 Å². The molecule has 1 aliphatic carbocycles. The molecule has 2 heterocycles. The molecular formula is C17H20O4. The van der Waals surface area contributed by atoms with E-state index in [-0.39, 0.29) is 0 Å². The first-order valence-electron chi connectivity index (χ1n) is 7.63. The number of hydrogen-bond donors (Lipinski definition) is 0. The Morgan fingerprint density at radius 2 is 1.81 bits per heavy atom. The molecule has 1 aromatic rings. The van der Waals surface area contributed by atoms with Crippen molar-refractivity contribution in [1.29, 1.82) is 0 Å². The molecule has 3 aliphatic rings. The van der Waals surface area contributed by atoms with Crippen LogP contribution in [0.1, 0.15) is 6.42 Å². The maximum Gasteiger partial charge on any atom is 0.120 e. The summed E-state index contributed by atoms with van der Waals surface area (Å²) in [6.07, 6.45) is 6.25. The molecule has 2 fully saturated rings. The zero-order valence-electron chi connectivity index (χ0n) is 12.0. The maximum atomic E-state index is 5.75. The molecule has 0 saturated carbocycles. The van der Waals surface area contributed by atoms with Gasteiger partial charge in [0, 0.05) is 5.92 Å². The molecule has 2 saturated heterocycles. The Morgan fingerprint density at radius 3 is 2.62 bits per heavy atom. The van der Waals surface area contributed by atoms with E-state index in [1.165, 1.54) is 10.4 Å². The van der Waals surface area contributed by atoms with Crippen LogP contribution in [0.2, 0.25) is 0 Å². The number of rotatable bonds is 7. The van der Waals surface area contributed by atoms with E-state index in [1.807, 2.05) is 6.07 Å². The first-order valence-corrected chi connectivity index (χ1v) is 7.63. The third kappa shape index (κ3) is 3.64. The zero-order chi connectivity index (χ0) is 14.1. The molecule has 4 heteroatoms. The highest BCUT2D eigenvalue weighted by Gasteiger charge is 2.23. The van der Waals surface area contributed by atoms with Gasteiger partial charge in [-0.15, -0.1) is 0 Å². The van der Waals surface area contributed by atoms with Crippen LogP contribution in [0.25, 0.3) is 12.2 Å². The Hall–Kier alpha value is -1.36. The quantitative estimate of drug-likeness (QED) is 0.684. The van der Waals surface area contributed by atoms with Crippen molar-refractivity contribution >= 4 is 12.2 Å². The molecule has 4 nitrogen and oxygen atoms in total. The van der Waals surface area contributed by atoms with Gasteiger partial charge < -0.3 is 18.9 Å². The van der Waals surface area contributed by atoms with Gasteiger partial charge in [-0.1, -0.05) is 18.2 Å². The monoisotopic (exact) mass is 288 g/mol. The lowest BCUT2D eigenvalue weighted by molar-refractivity contribution is 0.102. The number of epoxide rings is 2. The second kappa shape index (κ2) is 5.79. The number of benzene rings is 1. The van der Waals surface area contributed by atoms with Crippen molar-refractivity contribution < 1.29 is 18.9 Å². The van der Waals surface area contributed by atoms with Gasteiger partial charge in [-0.25, -0.2) is 0 Å². The number of ether oxygens (including phenoxy) is 4.